The summed E-state index contributed by atoms with van der Waals surface area (Å²) in [4.78, 5) is 37.7. The first kappa shape index (κ1) is 14.6. The zero-order valence-corrected chi connectivity index (χ0v) is 13.5. The van der Waals surface area contributed by atoms with E-state index in [0.717, 1.165) is 22.3 Å². The Hall–Kier alpha value is -1.97. The quantitative estimate of drug-likeness (QED) is 0.552. The van der Waals surface area contributed by atoms with Crippen LogP contribution in [0.2, 0.25) is 0 Å². The molecule has 0 aromatic rings. The molecule has 4 aliphatic rings. The molecule has 1 aliphatic heterocycles. The van der Waals surface area contributed by atoms with Gasteiger partial charge in [0.15, 0.2) is 5.78 Å². The molecular weight excluding hydrogens is 292 g/mol. The van der Waals surface area contributed by atoms with Crippen LogP contribution in [0.4, 0.5) is 0 Å². The van der Waals surface area contributed by atoms with Crippen molar-refractivity contribution in [2.75, 3.05) is 0 Å². The molecule has 0 aromatic heterocycles. The lowest BCUT2D eigenvalue weighted by Gasteiger charge is -2.29. The van der Waals surface area contributed by atoms with E-state index in [1.165, 1.54) is 0 Å². The summed E-state index contributed by atoms with van der Waals surface area (Å²) in [5.41, 5.74) is 4.11. The van der Waals surface area contributed by atoms with Gasteiger partial charge in [0.25, 0.3) is 0 Å². The second-order valence-corrected chi connectivity index (χ2v) is 7.38. The van der Waals surface area contributed by atoms with Gasteiger partial charge in [0.1, 0.15) is 11.9 Å². The van der Waals surface area contributed by atoms with Crippen molar-refractivity contribution in [3.8, 4) is 0 Å². The molecule has 0 amide bonds. The van der Waals surface area contributed by atoms with Gasteiger partial charge in [-0.1, -0.05) is 17.7 Å². The Balaban J connectivity index is 1.88. The molecule has 23 heavy (non-hydrogen) atoms. The van der Waals surface area contributed by atoms with Crippen molar-refractivity contribution in [2.24, 2.45) is 17.8 Å². The summed E-state index contributed by atoms with van der Waals surface area (Å²) >= 11 is 0. The molecule has 3 aliphatic carbocycles. The third-order valence-electron chi connectivity index (χ3n) is 5.87. The number of ketones is 2. The van der Waals surface area contributed by atoms with E-state index in [0.29, 0.717) is 24.8 Å². The minimum absolute atomic E-state index is 0.0164. The van der Waals surface area contributed by atoms with Gasteiger partial charge in [-0.05, 0) is 31.8 Å². The van der Waals surface area contributed by atoms with Crippen molar-refractivity contribution in [3.63, 3.8) is 0 Å². The van der Waals surface area contributed by atoms with Crippen LogP contribution in [-0.2, 0) is 19.1 Å². The van der Waals surface area contributed by atoms with E-state index in [-0.39, 0.29) is 47.8 Å². The van der Waals surface area contributed by atoms with Crippen LogP contribution in [0.5, 0.6) is 0 Å². The van der Waals surface area contributed by atoms with Crippen molar-refractivity contribution < 1.29 is 19.1 Å². The Morgan fingerprint density at radius 3 is 2.61 bits per heavy atom. The molecule has 120 valence electrons. The predicted octanol–water partition coefficient (Wildman–Crippen LogP) is 2.69. The van der Waals surface area contributed by atoms with Crippen molar-refractivity contribution in [2.45, 2.75) is 45.6 Å². The van der Waals surface area contributed by atoms with Crippen LogP contribution in [-0.4, -0.2) is 23.6 Å². The Labute approximate surface area is 135 Å². The maximum Gasteiger partial charge on any atom is 0.314 e. The second kappa shape index (κ2) is 4.76. The molecule has 1 saturated heterocycles. The number of rotatable bonds is 1. The molecule has 1 heterocycles. The zero-order valence-electron chi connectivity index (χ0n) is 13.5. The van der Waals surface area contributed by atoms with Gasteiger partial charge < -0.3 is 4.74 Å². The molecule has 4 nitrogen and oxygen atoms in total. The summed E-state index contributed by atoms with van der Waals surface area (Å²) in [6, 6.07) is 0. The molecule has 0 unspecified atom stereocenters. The van der Waals surface area contributed by atoms with E-state index < -0.39 is 0 Å². The molecule has 0 bridgehead atoms. The fourth-order valence-electron chi connectivity index (χ4n) is 4.75. The maximum atomic E-state index is 13.0. The average Bonchev–Trinajstić information content (AvgIpc) is 2.86. The van der Waals surface area contributed by atoms with Crippen LogP contribution >= 0.6 is 0 Å². The van der Waals surface area contributed by atoms with Crippen LogP contribution in [0.25, 0.3) is 0 Å². The number of allylic oxidation sites excluding steroid dienone is 2. The number of hydrogen-bond acceptors (Lipinski definition) is 4. The first-order chi connectivity index (χ1) is 10.9. The van der Waals surface area contributed by atoms with Gasteiger partial charge in [-0.3, -0.25) is 14.4 Å². The van der Waals surface area contributed by atoms with E-state index in [1.807, 2.05) is 13.8 Å². The predicted molar refractivity (Wildman–Crippen MR) is 83.4 cm³/mol. The maximum absolute atomic E-state index is 13.0. The number of ether oxygens (including phenoxy) is 1. The summed E-state index contributed by atoms with van der Waals surface area (Å²) < 4.78 is 5.56. The van der Waals surface area contributed by atoms with Crippen molar-refractivity contribution in [3.05, 3.63) is 34.4 Å². The topological polar surface area (TPSA) is 60.4 Å². The van der Waals surface area contributed by atoms with E-state index in [1.54, 1.807) is 0 Å². The van der Waals surface area contributed by atoms with E-state index in [9.17, 15) is 14.4 Å². The average molecular weight is 312 g/mol. The third-order valence-corrected chi connectivity index (χ3v) is 5.87. The Bertz CT molecular complexity index is 736. The largest absolute Gasteiger partial charge is 0.461 e. The molecule has 4 heteroatoms. The summed E-state index contributed by atoms with van der Waals surface area (Å²) in [6.45, 7) is 7.84. The number of hydrogen-bond donors (Lipinski definition) is 0. The zero-order chi connectivity index (χ0) is 16.5. The van der Waals surface area contributed by atoms with Gasteiger partial charge >= 0.3 is 5.97 Å². The molecule has 0 N–H and O–H groups in total. The highest BCUT2D eigenvalue weighted by atomic mass is 16.6. The fourth-order valence-corrected chi connectivity index (χ4v) is 4.75. The Kier molecular flexibility index (Phi) is 3.03. The molecule has 0 saturated carbocycles. The molecular formula is C19H20O4. The van der Waals surface area contributed by atoms with Crippen LogP contribution in [0.3, 0.4) is 0 Å². The molecule has 0 aromatic carbocycles. The monoisotopic (exact) mass is 312 g/mol. The fraction of sp³-hybridized carbons (Fsp3) is 0.526. The van der Waals surface area contributed by atoms with Crippen LogP contribution in [0.15, 0.2) is 34.4 Å². The van der Waals surface area contributed by atoms with Crippen LogP contribution < -0.4 is 0 Å². The smallest absolute Gasteiger partial charge is 0.314 e. The first-order valence-corrected chi connectivity index (χ1v) is 8.22. The summed E-state index contributed by atoms with van der Waals surface area (Å²) in [5, 5.41) is 0. The minimum Gasteiger partial charge on any atom is -0.461 e. The van der Waals surface area contributed by atoms with Gasteiger partial charge in [0.05, 0.1) is 5.92 Å². The normalized spacial score (nSPS) is 36.0. The van der Waals surface area contributed by atoms with Gasteiger partial charge in [0, 0.05) is 36.3 Å². The molecule has 1 fully saturated rings. The lowest BCUT2D eigenvalue weighted by atomic mass is 9.70. The van der Waals surface area contributed by atoms with Crippen LogP contribution in [0.1, 0.15) is 39.5 Å². The molecule has 4 rings (SSSR count). The number of carbonyl (C=O) groups excluding carboxylic acids is 3. The number of fused-ring (bicyclic) bond motifs is 1. The van der Waals surface area contributed by atoms with Gasteiger partial charge in [-0.15, -0.1) is 0 Å². The highest BCUT2D eigenvalue weighted by Gasteiger charge is 2.57. The van der Waals surface area contributed by atoms with Crippen molar-refractivity contribution >= 4 is 17.5 Å². The molecule has 0 radical (unpaired) electrons. The Morgan fingerprint density at radius 2 is 1.91 bits per heavy atom. The highest BCUT2D eigenvalue weighted by molar-refractivity contribution is 6.15. The lowest BCUT2D eigenvalue weighted by molar-refractivity contribution is -0.143. The third kappa shape index (κ3) is 1.93. The minimum atomic E-state index is -0.368. The highest BCUT2D eigenvalue weighted by Crippen LogP contribution is 2.54. The van der Waals surface area contributed by atoms with E-state index in [2.05, 4.69) is 6.58 Å². The summed E-state index contributed by atoms with van der Waals surface area (Å²) in [7, 11) is 0. The van der Waals surface area contributed by atoms with E-state index >= 15 is 0 Å². The first-order valence-electron chi connectivity index (χ1n) is 8.22. The lowest BCUT2D eigenvalue weighted by Crippen LogP contribution is -2.32. The van der Waals surface area contributed by atoms with Crippen molar-refractivity contribution in [1.82, 2.24) is 0 Å². The van der Waals surface area contributed by atoms with Gasteiger partial charge in [-0.25, -0.2) is 0 Å². The second-order valence-electron chi connectivity index (χ2n) is 7.38. The SMILES string of the molecule is C=C(C)[C@@H]1CC(=O)CC2=C(C1)[C@@H]1C(=O)O[C@@H]3CC(C)=C(C2=O)[C@H]13. The summed E-state index contributed by atoms with van der Waals surface area (Å²) in [6.07, 6.45) is 1.59. The van der Waals surface area contributed by atoms with E-state index in [4.69, 9.17) is 4.74 Å². The molecule has 0 spiro atoms. The van der Waals surface area contributed by atoms with Gasteiger partial charge in [0.2, 0.25) is 0 Å². The van der Waals surface area contributed by atoms with Gasteiger partial charge in [-0.2, -0.15) is 0 Å². The standard InChI is InChI=1S/C19H20O4/c1-8(2)10-5-11(20)7-13-12(6-10)16-17-14(23-19(16)22)4-9(3)15(17)18(13)21/h10,14,16-17H,1,4-7H2,2-3H3/t10-,14-,16+,17-/m1/s1. The number of carbonyl (C=O) groups is 3. The number of esters is 1. The summed E-state index contributed by atoms with van der Waals surface area (Å²) in [5.74, 6) is -0.660. The van der Waals surface area contributed by atoms with Crippen LogP contribution in [0, 0.1) is 17.8 Å². The Morgan fingerprint density at radius 1 is 1.17 bits per heavy atom. The molecule has 4 atom stereocenters. The number of Topliss-reactive ketones (excluding diaryl/α,β-unsaturated/α-hetero) is 2. The van der Waals surface area contributed by atoms with Crippen molar-refractivity contribution in [1.29, 1.82) is 0 Å².